The topological polar surface area (TPSA) is 55.6 Å². The van der Waals surface area contributed by atoms with Crippen molar-refractivity contribution in [2.24, 2.45) is 0 Å². The second kappa shape index (κ2) is 6.83. The van der Waals surface area contributed by atoms with Gasteiger partial charge in [-0.15, -0.1) is 0 Å². The van der Waals surface area contributed by atoms with Gasteiger partial charge in [-0.2, -0.15) is 9.78 Å². The highest BCUT2D eigenvalue weighted by Gasteiger charge is 2.14. The number of nitrogens with one attached hydrogen (secondary N) is 1. The average Bonchev–Trinajstić information content (AvgIpc) is 3.24. The Hall–Kier alpha value is -2.96. The third-order valence-electron chi connectivity index (χ3n) is 4.87. The van der Waals surface area contributed by atoms with E-state index in [1.807, 2.05) is 35.9 Å². The van der Waals surface area contributed by atoms with Gasteiger partial charge in [0.2, 0.25) is 0 Å². The van der Waals surface area contributed by atoms with Crippen LogP contribution in [0.3, 0.4) is 0 Å². The predicted octanol–water partition coefficient (Wildman–Crippen LogP) is 6.35. The van der Waals surface area contributed by atoms with E-state index in [1.54, 1.807) is 11.3 Å². The minimum atomic E-state index is 0.708. The maximum atomic E-state index is 6.11. The molecular formula is C22H18ClN5S. The maximum Gasteiger partial charge on any atom is 0.189 e. The van der Waals surface area contributed by atoms with Crippen molar-refractivity contribution in [3.05, 3.63) is 70.4 Å². The van der Waals surface area contributed by atoms with Crippen LogP contribution < -0.4 is 5.32 Å². The highest BCUT2D eigenvalue weighted by Crippen LogP contribution is 2.31. The largest absolute Gasteiger partial charge is 0.316 e. The molecule has 0 aliphatic heterocycles. The summed E-state index contributed by atoms with van der Waals surface area (Å²) in [6, 6.07) is 16.0. The first-order chi connectivity index (χ1) is 14.0. The summed E-state index contributed by atoms with van der Waals surface area (Å²) in [6.07, 6.45) is 0. The summed E-state index contributed by atoms with van der Waals surface area (Å²) in [5, 5.41) is 10.7. The van der Waals surface area contributed by atoms with Crippen LogP contribution in [0.25, 0.3) is 26.9 Å². The third-order valence-corrected chi connectivity index (χ3v) is 6.04. The molecule has 0 fully saturated rings. The molecule has 0 radical (unpaired) electrons. The molecule has 0 amide bonds. The van der Waals surface area contributed by atoms with Crippen molar-refractivity contribution in [2.75, 3.05) is 5.32 Å². The number of benzene rings is 2. The van der Waals surface area contributed by atoms with Crippen molar-refractivity contribution >= 4 is 55.0 Å². The molecule has 7 heteroatoms. The van der Waals surface area contributed by atoms with Crippen LogP contribution in [0.5, 0.6) is 0 Å². The van der Waals surface area contributed by atoms with E-state index >= 15 is 0 Å². The minimum absolute atomic E-state index is 0.708. The second-order valence-corrected chi connectivity index (χ2v) is 8.57. The molecule has 0 spiro atoms. The molecule has 0 aliphatic rings. The summed E-state index contributed by atoms with van der Waals surface area (Å²) >= 11 is 7.67. The molecule has 0 atom stereocenters. The van der Waals surface area contributed by atoms with Crippen LogP contribution in [-0.2, 0) is 0 Å². The van der Waals surface area contributed by atoms with Crippen molar-refractivity contribution in [2.45, 2.75) is 20.8 Å². The Labute approximate surface area is 177 Å². The third kappa shape index (κ3) is 3.24. The van der Waals surface area contributed by atoms with Crippen LogP contribution in [0.15, 0.2) is 48.5 Å². The maximum absolute atomic E-state index is 6.11. The average molecular weight is 420 g/mol. The fraction of sp³-hybridized carbons (Fsp3) is 0.136. The number of halogens is 1. The highest BCUT2D eigenvalue weighted by molar-refractivity contribution is 7.22. The van der Waals surface area contributed by atoms with Crippen LogP contribution in [0, 0.1) is 20.8 Å². The normalized spacial score (nSPS) is 11.4. The lowest BCUT2D eigenvalue weighted by Crippen LogP contribution is -2.05. The SMILES string of the molecule is Cc1cc(Nc2nc3ccc(Cl)cc3s2)n(-c2cc(C)c3cccc(C)c3n2)n1. The van der Waals surface area contributed by atoms with Gasteiger partial charge in [0.15, 0.2) is 10.9 Å². The van der Waals surface area contributed by atoms with Gasteiger partial charge in [-0.3, -0.25) is 0 Å². The molecular weight excluding hydrogens is 402 g/mol. The van der Waals surface area contributed by atoms with Gasteiger partial charge < -0.3 is 5.32 Å². The Morgan fingerprint density at radius 3 is 2.69 bits per heavy atom. The van der Waals surface area contributed by atoms with E-state index in [0.717, 1.165) is 49.1 Å². The number of para-hydroxylation sites is 1. The fourth-order valence-corrected chi connectivity index (χ4v) is 4.63. The first-order valence-corrected chi connectivity index (χ1v) is 10.4. The molecule has 0 saturated heterocycles. The molecule has 3 aromatic heterocycles. The molecule has 5 rings (SSSR count). The lowest BCUT2D eigenvalue weighted by molar-refractivity contribution is 0.842. The van der Waals surface area contributed by atoms with Crippen molar-refractivity contribution in [1.29, 1.82) is 0 Å². The smallest absolute Gasteiger partial charge is 0.189 e. The quantitative estimate of drug-likeness (QED) is 0.370. The molecule has 0 aliphatic carbocycles. The molecule has 0 saturated carbocycles. The van der Waals surface area contributed by atoms with Gasteiger partial charge in [0.1, 0.15) is 5.82 Å². The number of anilines is 2. The number of aromatic nitrogens is 4. The molecule has 144 valence electrons. The number of nitrogens with zero attached hydrogens (tertiary/aromatic N) is 4. The van der Waals surface area contributed by atoms with Crippen LogP contribution in [0.4, 0.5) is 10.9 Å². The first kappa shape index (κ1) is 18.1. The van der Waals surface area contributed by atoms with Crippen LogP contribution in [0.1, 0.15) is 16.8 Å². The molecule has 0 unspecified atom stereocenters. The Kier molecular flexibility index (Phi) is 4.26. The van der Waals surface area contributed by atoms with Gasteiger partial charge in [-0.25, -0.2) is 9.97 Å². The number of pyridine rings is 1. The van der Waals surface area contributed by atoms with Crippen LogP contribution in [-0.4, -0.2) is 19.7 Å². The fourth-order valence-electron chi connectivity index (χ4n) is 3.48. The summed E-state index contributed by atoms with van der Waals surface area (Å²) in [5.74, 6) is 1.61. The van der Waals surface area contributed by atoms with E-state index in [2.05, 4.69) is 53.5 Å². The highest BCUT2D eigenvalue weighted by atomic mass is 35.5. The zero-order chi connectivity index (χ0) is 20.1. The van der Waals surface area contributed by atoms with Crippen molar-refractivity contribution in [1.82, 2.24) is 19.7 Å². The van der Waals surface area contributed by atoms with Crippen molar-refractivity contribution in [3.8, 4) is 5.82 Å². The number of hydrogen-bond donors (Lipinski definition) is 1. The van der Waals surface area contributed by atoms with Gasteiger partial charge in [0.05, 0.1) is 21.4 Å². The Balaban J connectivity index is 1.60. The number of hydrogen-bond acceptors (Lipinski definition) is 5. The standard InChI is InChI=1S/C22H18ClN5S/c1-12-5-4-6-16-13(2)9-19(25-21(12)16)28-20(10-14(3)27-28)26-22-24-17-8-7-15(23)11-18(17)29-22/h4-11H,1-3H3,(H,24,26). The molecule has 1 N–H and O–H groups in total. The number of thiazole rings is 1. The van der Waals surface area contributed by atoms with Gasteiger partial charge in [0, 0.05) is 16.5 Å². The van der Waals surface area contributed by atoms with Crippen LogP contribution in [0.2, 0.25) is 5.02 Å². The summed E-state index contributed by atoms with van der Waals surface area (Å²) < 4.78 is 2.88. The van der Waals surface area contributed by atoms with E-state index in [4.69, 9.17) is 16.6 Å². The van der Waals surface area contributed by atoms with Gasteiger partial charge >= 0.3 is 0 Å². The molecule has 29 heavy (non-hydrogen) atoms. The number of fused-ring (bicyclic) bond motifs is 2. The first-order valence-electron chi connectivity index (χ1n) is 9.25. The minimum Gasteiger partial charge on any atom is -0.316 e. The summed E-state index contributed by atoms with van der Waals surface area (Å²) in [7, 11) is 0. The van der Waals surface area contributed by atoms with E-state index in [0.29, 0.717) is 5.02 Å². The zero-order valence-corrected chi connectivity index (χ0v) is 17.8. The van der Waals surface area contributed by atoms with Gasteiger partial charge in [0.25, 0.3) is 0 Å². The molecule has 0 bridgehead atoms. The number of aryl methyl sites for hydroxylation is 3. The van der Waals surface area contributed by atoms with E-state index in [9.17, 15) is 0 Å². The molecule has 5 nitrogen and oxygen atoms in total. The Morgan fingerprint density at radius 1 is 0.966 bits per heavy atom. The van der Waals surface area contributed by atoms with Crippen molar-refractivity contribution < 1.29 is 0 Å². The zero-order valence-electron chi connectivity index (χ0n) is 16.2. The Morgan fingerprint density at radius 2 is 1.83 bits per heavy atom. The summed E-state index contributed by atoms with van der Waals surface area (Å²) in [5.41, 5.74) is 5.13. The monoisotopic (exact) mass is 419 g/mol. The summed E-state index contributed by atoms with van der Waals surface area (Å²) in [4.78, 5) is 9.56. The Bertz CT molecular complexity index is 1390. The number of rotatable bonds is 3. The van der Waals surface area contributed by atoms with Crippen LogP contribution >= 0.6 is 22.9 Å². The molecule has 5 aromatic rings. The molecule has 2 aromatic carbocycles. The van der Waals surface area contributed by atoms with Crippen molar-refractivity contribution in [3.63, 3.8) is 0 Å². The van der Waals surface area contributed by atoms with Gasteiger partial charge in [-0.05, 0) is 56.2 Å². The molecule has 3 heterocycles. The lowest BCUT2D eigenvalue weighted by atomic mass is 10.1. The van der Waals surface area contributed by atoms with Gasteiger partial charge in [-0.1, -0.05) is 41.1 Å². The lowest BCUT2D eigenvalue weighted by Gasteiger charge is -2.11. The predicted molar refractivity (Wildman–Crippen MR) is 121 cm³/mol. The van der Waals surface area contributed by atoms with E-state index in [1.165, 1.54) is 5.56 Å². The second-order valence-electron chi connectivity index (χ2n) is 7.11. The summed E-state index contributed by atoms with van der Waals surface area (Å²) in [6.45, 7) is 6.16. The van der Waals surface area contributed by atoms with E-state index in [-0.39, 0.29) is 0 Å². The van der Waals surface area contributed by atoms with E-state index < -0.39 is 0 Å².